The Kier molecular flexibility index (Phi) is 2.44. The molecule has 1 unspecified atom stereocenters. The van der Waals surface area contributed by atoms with Gasteiger partial charge in [-0.05, 0) is 31.5 Å². The molecule has 1 aromatic heterocycles. The average molecular weight is 188 g/mol. The summed E-state index contributed by atoms with van der Waals surface area (Å²) >= 11 is 0. The number of rotatable bonds is 3. The Balaban J connectivity index is 2.36. The third-order valence-electron chi connectivity index (χ3n) is 2.61. The Morgan fingerprint density at radius 2 is 2.21 bits per heavy atom. The molecule has 2 heteroatoms. The predicted octanol–water partition coefficient (Wildman–Crippen LogP) is 3.38. The lowest BCUT2D eigenvalue weighted by Crippen LogP contribution is -2.13. The van der Waals surface area contributed by atoms with Gasteiger partial charge in [-0.3, -0.25) is 0 Å². The second-order valence-electron chi connectivity index (χ2n) is 3.70. The molecule has 2 N–H and O–H groups in total. The van der Waals surface area contributed by atoms with Gasteiger partial charge in [-0.15, -0.1) is 0 Å². The van der Waals surface area contributed by atoms with E-state index in [9.17, 15) is 0 Å². The number of aromatic amines is 1. The Morgan fingerprint density at radius 3 is 3.00 bits per heavy atom. The maximum absolute atomic E-state index is 3.50. The van der Waals surface area contributed by atoms with Crippen LogP contribution in [0.5, 0.6) is 0 Å². The SMILES string of the molecule is CCC(C)Nc1cccc2[nH]ccc12. The van der Waals surface area contributed by atoms with Crippen molar-refractivity contribution in [3.05, 3.63) is 30.5 Å². The highest BCUT2D eigenvalue weighted by molar-refractivity contribution is 5.91. The zero-order chi connectivity index (χ0) is 9.97. The Bertz CT molecular complexity index is 417. The number of benzene rings is 1. The van der Waals surface area contributed by atoms with Crippen LogP contribution in [-0.2, 0) is 0 Å². The van der Waals surface area contributed by atoms with Gasteiger partial charge in [-0.25, -0.2) is 0 Å². The van der Waals surface area contributed by atoms with E-state index < -0.39 is 0 Å². The van der Waals surface area contributed by atoms with E-state index in [0.717, 1.165) is 6.42 Å². The van der Waals surface area contributed by atoms with Gasteiger partial charge in [0.05, 0.1) is 0 Å². The summed E-state index contributed by atoms with van der Waals surface area (Å²) in [4.78, 5) is 3.21. The van der Waals surface area contributed by atoms with Crippen LogP contribution in [0.15, 0.2) is 30.5 Å². The molecule has 0 bridgehead atoms. The highest BCUT2D eigenvalue weighted by Gasteiger charge is 2.03. The second-order valence-corrected chi connectivity index (χ2v) is 3.70. The maximum Gasteiger partial charge on any atom is 0.0474 e. The van der Waals surface area contributed by atoms with Crippen molar-refractivity contribution in [3.63, 3.8) is 0 Å². The molecule has 1 heterocycles. The molecule has 2 rings (SSSR count). The van der Waals surface area contributed by atoms with Gasteiger partial charge in [-0.1, -0.05) is 13.0 Å². The zero-order valence-corrected chi connectivity index (χ0v) is 8.67. The van der Waals surface area contributed by atoms with Gasteiger partial charge in [0.25, 0.3) is 0 Å². The van der Waals surface area contributed by atoms with Gasteiger partial charge in [0, 0.05) is 28.8 Å². The van der Waals surface area contributed by atoms with Gasteiger partial charge in [0.2, 0.25) is 0 Å². The average Bonchev–Trinajstić information content (AvgIpc) is 2.66. The van der Waals surface area contributed by atoms with Gasteiger partial charge in [-0.2, -0.15) is 0 Å². The van der Waals surface area contributed by atoms with Crippen LogP contribution in [0.2, 0.25) is 0 Å². The number of H-pyrrole nitrogens is 1. The van der Waals surface area contributed by atoms with E-state index in [0.29, 0.717) is 6.04 Å². The first-order valence-corrected chi connectivity index (χ1v) is 5.14. The molecular weight excluding hydrogens is 172 g/mol. The van der Waals surface area contributed by atoms with Gasteiger partial charge < -0.3 is 10.3 Å². The van der Waals surface area contributed by atoms with E-state index in [4.69, 9.17) is 0 Å². The molecule has 0 saturated carbocycles. The molecule has 14 heavy (non-hydrogen) atoms. The molecule has 0 saturated heterocycles. The summed E-state index contributed by atoms with van der Waals surface area (Å²) in [6, 6.07) is 8.93. The highest BCUT2D eigenvalue weighted by atomic mass is 14.9. The van der Waals surface area contributed by atoms with Crippen molar-refractivity contribution in [2.75, 3.05) is 5.32 Å². The van der Waals surface area contributed by atoms with E-state index in [1.54, 1.807) is 0 Å². The number of anilines is 1. The molecular formula is C12H16N2. The molecule has 74 valence electrons. The third kappa shape index (κ3) is 1.60. The summed E-state index contributed by atoms with van der Waals surface area (Å²) in [6.45, 7) is 4.39. The van der Waals surface area contributed by atoms with Crippen LogP contribution < -0.4 is 5.32 Å². The fourth-order valence-corrected chi connectivity index (χ4v) is 1.58. The lowest BCUT2D eigenvalue weighted by atomic mass is 10.2. The molecule has 2 aromatic rings. The van der Waals surface area contributed by atoms with Crippen molar-refractivity contribution in [1.82, 2.24) is 4.98 Å². The van der Waals surface area contributed by atoms with Crippen molar-refractivity contribution in [2.24, 2.45) is 0 Å². The smallest absolute Gasteiger partial charge is 0.0474 e. The van der Waals surface area contributed by atoms with Crippen LogP contribution in [0.3, 0.4) is 0 Å². The largest absolute Gasteiger partial charge is 0.382 e. The minimum absolute atomic E-state index is 0.524. The van der Waals surface area contributed by atoms with Crippen molar-refractivity contribution < 1.29 is 0 Å². The van der Waals surface area contributed by atoms with Gasteiger partial charge in [0.1, 0.15) is 0 Å². The summed E-state index contributed by atoms with van der Waals surface area (Å²) in [5.41, 5.74) is 2.41. The third-order valence-corrected chi connectivity index (χ3v) is 2.61. The molecule has 0 aliphatic carbocycles. The topological polar surface area (TPSA) is 27.8 Å². The van der Waals surface area contributed by atoms with E-state index >= 15 is 0 Å². The van der Waals surface area contributed by atoms with E-state index in [-0.39, 0.29) is 0 Å². The number of fused-ring (bicyclic) bond motifs is 1. The summed E-state index contributed by atoms with van der Waals surface area (Å²) < 4.78 is 0. The van der Waals surface area contributed by atoms with Crippen molar-refractivity contribution in [2.45, 2.75) is 26.3 Å². The quantitative estimate of drug-likeness (QED) is 0.759. The monoisotopic (exact) mass is 188 g/mol. The number of nitrogens with one attached hydrogen (secondary N) is 2. The highest BCUT2D eigenvalue weighted by Crippen LogP contribution is 2.22. The Morgan fingerprint density at radius 1 is 1.36 bits per heavy atom. The lowest BCUT2D eigenvalue weighted by Gasteiger charge is -2.13. The maximum atomic E-state index is 3.50. The van der Waals surface area contributed by atoms with Crippen LogP contribution in [-0.4, -0.2) is 11.0 Å². The fraction of sp³-hybridized carbons (Fsp3) is 0.333. The summed E-state index contributed by atoms with van der Waals surface area (Å²) in [5, 5.41) is 4.77. The van der Waals surface area contributed by atoms with Crippen LogP contribution in [0.25, 0.3) is 10.9 Å². The Hall–Kier alpha value is -1.44. The molecule has 0 spiro atoms. The Labute approximate surface area is 84.3 Å². The van der Waals surface area contributed by atoms with Crippen molar-refractivity contribution >= 4 is 16.6 Å². The molecule has 0 amide bonds. The van der Waals surface area contributed by atoms with E-state index in [1.165, 1.54) is 16.6 Å². The first kappa shape index (κ1) is 9.13. The van der Waals surface area contributed by atoms with Crippen molar-refractivity contribution in [1.29, 1.82) is 0 Å². The molecule has 0 aliphatic heterocycles. The molecule has 1 aromatic carbocycles. The number of hydrogen-bond acceptors (Lipinski definition) is 1. The van der Waals surface area contributed by atoms with E-state index in [2.05, 4.69) is 48.4 Å². The number of hydrogen-bond donors (Lipinski definition) is 2. The van der Waals surface area contributed by atoms with Crippen LogP contribution in [0.4, 0.5) is 5.69 Å². The zero-order valence-electron chi connectivity index (χ0n) is 8.67. The number of aromatic nitrogens is 1. The predicted molar refractivity (Wildman–Crippen MR) is 61.7 cm³/mol. The summed E-state index contributed by atoms with van der Waals surface area (Å²) in [6.07, 6.45) is 3.12. The minimum atomic E-state index is 0.524. The summed E-state index contributed by atoms with van der Waals surface area (Å²) in [5.74, 6) is 0. The first-order valence-electron chi connectivity index (χ1n) is 5.14. The molecule has 0 radical (unpaired) electrons. The van der Waals surface area contributed by atoms with Crippen molar-refractivity contribution in [3.8, 4) is 0 Å². The van der Waals surface area contributed by atoms with E-state index in [1.807, 2.05) is 6.20 Å². The van der Waals surface area contributed by atoms with Gasteiger partial charge >= 0.3 is 0 Å². The standard InChI is InChI=1S/C12H16N2/c1-3-9(2)14-12-6-4-5-11-10(12)7-8-13-11/h4-9,13-14H,3H2,1-2H3. The summed E-state index contributed by atoms with van der Waals surface area (Å²) in [7, 11) is 0. The molecule has 1 atom stereocenters. The first-order chi connectivity index (χ1) is 6.81. The van der Waals surface area contributed by atoms with Gasteiger partial charge in [0.15, 0.2) is 0 Å². The lowest BCUT2D eigenvalue weighted by molar-refractivity contribution is 0.765. The molecule has 2 nitrogen and oxygen atoms in total. The van der Waals surface area contributed by atoms with Crippen LogP contribution >= 0.6 is 0 Å². The van der Waals surface area contributed by atoms with Crippen LogP contribution in [0.1, 0.15) is 20.3 Å². The fourth-order valence-electron chi connectivity index (χ4n) is 1.58. The molecule has 0 aliphatic rings. The second kappa shape index (κ2) is 3.74. The molecule has 0 fully saturated rings. The minimum Gasteiger partial charge on any atom is -0.382 e. The normalized spacial score (nSPS) is 13.0. The van der Waals surface area contributed by atoms with Crippen LogP contribution in [0, 0.1) is 0 Å².